The average molecular weight is 380 g/mol. The average Bonchev–Trinajstić information content (AvgIpc) is 2.62. The van der Waals surface area contributed by atoms with Gasteiger partial charge in [-0.25, -0.2) is 12.7 Å². The van der Waals surface area contributed by atoms with Gasteiger partial charge in [0, 0.05) is 25.3 Å². The molecule has 1 atom stereocenters. The molecule has 1 unspecified atom stereocenters. The van der Waals surface area contributed by atoms with Crippen LogP contribution in [0, 0.1) is 5.92 Å². The van der Waals surface area contributed by atoms with E-state index in [0.29, 0.717) is 6.54 Å². The van der Waals surface area contributed by atoms with Crippen molar-refractivity contribution in [3.8, 4) is 0 Å². The molecule has 0 saturated carbocycles. The van der Waals surface area contributed by atoms with Crippen molar-refractivity contribution in [3.63, 3.8) is 0 Å². The van der Waals surface area contributed by atoms with Gasteiger partial charge in [0.25, 0.3) is 0 Å². The smallest absolute Gasteiger partial charge is 0.228 e. The molecule has 144 valence electrons. The van der Waals surface area contributed by atoms with Crippen LogP contribution in [0.3, 0.4) is 0 Å². The third kappa shape index (κ3) is 5.28. The van der Waals surface area contributed by atoms with Crippen LogP contribution in [0.4, 0.5) is 5.69 Å². The fourth-order valence-corrected chi connectivity index (χ4v) is 4.74. The molecule has 2 aliphatic rings. The second-order valence-corrected chi connectivity index (χ2v) is 9.47. The first-order chi connectivity index (χ1) is 12.4. The predicted octanol–water partition coefficient (Wildman–Crippen LogP) is 2.28. The van der Waals surface area contributed by atoms with E-state index in [9.17, 15) is 13.2 Å². The number of hydrogen-bond donors (Lipinski definition) is 1. The first-order valence-corrected chi connectivity index (χ1v) is 11.3. The van der Waals surface area contributed by atoms with Crippen molar-refractivity contribution in [2.75, 3.05) is 37.8 Å². The van der Waals surface area contributed by atoms with E-state index in [1.807, 2.05) is 18.2 Å². The van der Waals surface area contributed by atoms with E-state index >= 15 is 0 Å². The highest BCUT2D eigenvalue weighted by Gasteiger charge is 2.30. The monoisotopic (exact) mass is 379 g/mol. The number of amides is 1. The topological polar surface area (TPSA) is 69.7 Å². The van der Waals surface area contributed by atoms with E-state index in [1.165, 1.54) is 35.4 Å². The van der Waals surface area contributed by atoms with Gasteiger partial charge in [-0.15, -0.1) is 0 Å². The summed E-state index contributed by atoms with van der Waals surface area (Å²) in [5, 5.41) is 2.98. The molecular formula is C19H29N3O3S. The first-order valence-electron chi connectivity index (χ1n) is 9.49. The molecule has 26 heavy (non-hydrogen) atoms. The molecule has 1 amide bonds. The SMILES string of the molecule is CS(=O)(=O)N1CCCC(C(=O)Nc2cccc(CN3CCCCC3)c2)C1. The summed E-state index contributed by atoms with van der Waals surface area (Å²) in [7, 11) is -3.24. The van der Waals surface area contributed by atoms with Crippen molar-refractivity contribution >= 4 is 21.6 Å². The van der Waals surface area contributed by atoms with Gasteiger partial charge >= 0.3 is 0 Å². The van der Waals surface area contributed by atoms with Gasteiger partial charge in [-0.1, -0.05) is 18.6 Å². The summed E-state index contributed by atoms with van der Waals surface area (Å²) in [4.78, 5) is 15.1. The van der Waals surface area contributed by atoms with Crippen LogP contribution in [-0.2, 0) is 21.4 Å². The maximum atomic E-state index is 12.6. The Hall–Kier alpha value is -1.44. The zero-order chi connectivity index (χ0) is 18.6. The molecule has 0 aromatic heterocycles. The highest BCUT2D eigenvalue weighted by molar-refractivity contribution is 7.88. The lowest BCUT2D eigenvalue weighted by Gasteiger charge is -2.30. The number of sulfonamides is 1. The van der Waals surface area contributed by atoms with Crippen molar-refractivity contribution < 1.29 is 13.2 Å². The van der Waals surface area contributed by atoms with Crippen LogP contribution in [0.15, 0.2) is 24.3 Å². The van der Waals surface area contributed by atoms with Gasteiger partial charge in [0.05, 0.1) is 12.2 Å². The number of anilines is 1. The maximum absolute atomic E-state index is 12.6. The molecular weight excluding hydrogens is 350 g/mol. The number of carbonyl (C=O) groups is 1. The van der Waals surface area contributed by atoms with Gasteiger partial charge in [0.2, 0.25) is 15.9 Å². The predicted molar refractivity (Wildman–Crippen MR) is 103 cm³/mol. The number of rotatable bonds is 5. The summed E-state index contributed by atoms with van der Waals surface area (Å²) in [6.07, 6.45) is 6.49. The zero-order valence-electron chi connectivity index (χ0n) is 15.5. The number of carbonyl (C=O) groups excluding carboxylic acids is 1. The van der Waals surface area contributed by atoms with Crippen LogP contribution in [0.5, 0.6) is 0 Å². The largest absolute Gasteiger partial charge is 0.326 e. The highest BCUT2D eigenvalue weighted by atomic mass is 32.2. The van der Waals surface area contributed by atoms with Gasteiger partial charge in [-0.2, -0.15) is 0 Å². The molecule has 0 radical (unpaired) electrons. The quantitative estimate of drug-likeness (QED) is 0.852. The molecule has 1 aromatic rings. The van der Waals surface area contributed by atoms with Crippen molar-refractivity contribution in [1.29, 1.82) is 0 Å². The summed E-state index contributed by atoms with van der Waals surface area (Å²) in [6, 6.07) is 7.99. The minimum absolute atomic E-state index is 0.0894. The summed E-state index contributed by atoms with van der Waals surface area (Å²) < 4.78 is 24.9. The first kappa shape index (κ1) is 19.3. The second kappa shape index (κ2) is 8.50. The molecule has 0 spiro atoms. The number of hydrogen-bond acceptors (Lipinski definition) is 4. The molecule has 2 fully saturated rings. The summed E-state index contributed by atoms with van der Waals surface area (Å²) in [5.41, 5.74) is 1.99. The van der Waals surface area contributed by atoms with E-state index < -0.39 is 10.0 Å². The van der Waals surface area contributed by atoms with Crippen LogP contribution in [0.2, 0.25) is 0 Å². The van der Waals surface area contributed by atoms with E-state index in [4.69, 9.17) is 0 Å². The Kier molecular flexibility index (Phi) is 6.32. The van der Waals surface area contributed by atoms with Gasteiger partial charge < -0.3 is 5.32 Å². The van der Waals surface area contributed by atoms with Crippen LogP contribution in [0.25, 0.3) is 0 Å². The molecule has 0 bridgehead atoms. The molecule has 1 N–H and O–H groups in total. The maximum Gasteiger partial charge on any atom is 0.228 e. The number of nitrogens with one attached hydrogen (secondary N) is 1. The van der Waals surface area contributed by atoms with Crippen molar-refractivity contribution in [1.82, 2.24) is 9.21 Å². The molecule has 3 rings (SSSR count). The Morgan fingerprint density at radius 2 is 1.92 bits per heavy atom. The number of nitrogens with zero attached hydrogens (tertiary/aromatic N) is 2. The summed E-state index contributed by atoms with van der Waals surface area (Å²) >= 11 is 0. The summed E-state index contributed by atoms with van der Waals surface area (Å²) in [6.45, 7) is 3.97. The minimum Gasteiger partial charge on any atom is -0.326 e. The number of likely N-dealkylation sites (tertiary alicyclic amines) is 1. The van der Waals surface area contributed by atoms with Crippen LogP contribution in [0.1, 0.15) is 37.7 Å². The molecule has 2 aliphatic heterocycles. The molecule has 2 heterocycles. The van der Waals surface area contributed by atoms with Crippen LogP contribution in [-0.4, -0.2) is 56.0 Å². The highest BCUT2D eigenvalue weighted by Crippen LogP contribution is 2.21. The third-order valence-corrected chi connectivity index (χ3v) is 6.54. The van der Waals surface area contributed by atoms with E-state index in [1.54, 1.807) is 0 Å². The summed E-state index contributed by atoms with van der Waals surface area (Å²) in [5.74, 6) is -0.377. The van der Waals surface area contributed by atoms with Crippen molar-refractivity contribution in [2.45, 2.75) is 38.6 Å². The van der Waals surface area contributed by atoms with Gasteiger partial charge in [-0.3, -0.25) is 9.69 Å². The van der Waals surface area contributed by atoms with Crippen molar-refractivity contribution in [2.24, 2.45) is 5.92 Å². The second-order valence-electron chi connectivity index (χ2n) is 7.49. The minimum atomic E-state index is -3.24. The lowest BCUT2D eigenvalue weighted by molar-refractivity contribution is -0.120. The van der Waals surface area contributed by atoms with Crippen molar-refractivity contribution in [3.05, 3.63) is 29.8 Å². The Balaban J connectivity index is 1.59. The molecule has 0 aliphatic carbocycles. The Labute approximate surface area is 156 Å². The lowest BCUT2D eigenvalue weighted by Crippen LogP contribution is -2.43. The van der Waals surface area contributed by atoms with Gasteiger partial charge in [0.1, 0.15) is 0 Å². The van der Waals surface area contributed by atoms with E-state index in [0.717, 1.165) is 38.2 Å². The molecule has 7 heteroatoms. The Bertz CT molecular complexity index is 729. The van der Waals surface area contributed by atoms with Crippen LogP contribution >= 0.6 is 0 Å². The number of benzene rings is 1. The fraction of sp³-hybridized carbons (Fsp3) is 0.632. The zero-order valence-corrected chi connectivity index (χ0v) is 16.3. The molecule has 1 aromatic carbocycles. The standard InChI is InChI=1S/C19H29N3O3S/c1-26(24,25)22-12-6-8-17(15-22)19(23)20-18-9-5-7-16(13-18)14-21-10-3-2-4-11-21/h5,7,9,13,17H,2-4,6,8,10-12,14-15H2,1H3,(H,20,23). The lowest BCUT2D eigenvalue weighted by atomic mass is 9.98. The Morgan fingerprint density at radius 3 is 2.65 bits per heavy atom. The molecule has 6 nitrogen and oxygen atoms in total. The fourth-order valence-electron chi connectivity index (χ4n) is 3.83. The van der Waals surface area contributed by atoms with Gasteiger partial charge in [0.15, 0.2) is 0 Å². The van der Waals surface area contributed by atoms with E-state index in [-0.39, 0.29) is 18.4 Å². The van der Waals surface area contributed by atoms with Crippen LogP contribution < -0.4 is 5.32 Å². The van der Waals surface area contributed by atoms with E-state index in [2.05, 4.69) is 16.3 Å². The molecule has 2 saturated heterocycles. The van der Waals surface area contributed by atoms with Gasteiger partial charge in [-0.05, 0) is 56.5 Å². The Morgan fingerprint density at radius 1 is 1.15 bits per heavy atom. The number of piperidine rings is 2. The third-order valence-electron chi connectivity index (χ3n) is 5.27. The normalized spacial score (nSPS) is 22.9.